The molecule has 2 heterocycles. The van der Waals surface area contributed by atoms with E-state index in [2.05, 4.69) is 22.5 Å². The largest absolute Gasteiger partial charge is 0.386 e. The molecule has 0 aromatic carbocycles. The zero-order valence-electron chi connectivity index (χ0n) is 12.5. The van der Waals surface area contributed by atoms with Gasteiger partial charge in [0.15, 0.2) is 0 Å². The third kappa shape index (κ3) is 4.82. The van der Waals surface area contributed by atoms with Crippen molar-refractivity contribution in [2.45, 2.75) is 31.9 Å². The molecule has 2 amide bonds. The number of aliphatic hydroxyl groups is 1. The average molecular weight is 319 g/mol. The summed E-state index contributed by atoms with van der Waals surface area (Å²) in [6.45, 7) is 2.25. The second kappa shape index (κ2) is 8.51. The number of hydrogen-bond donors (Lipinski definition) is 3. The van der Waals surface area contributed by atoms with Gasteiger partial charge in [-0.1, -0.05) is 25.5 Å². The Hall–Kier alpha value is -1.92. The number of amides is 2. The van der Waals surface area contributed by atoms with Crippen LogP contribution in [0.1, 0.15) is 42.5 Å². The molecule has 118 valence electrons. The molecule has 0 aliphatic heterocycles. The number of aromatic nitrogens is 1. The second-order valence-corrected chi connectivity index (χ2v) is 5.96. The molecule has 22 heavy (non-hydrogen) atoms. The maximum Gasteiger partial charge on any atom is 0.315 e. The van der Waals surface area contributed by atoms with Crippen LogP contribution < -0.4 is 10.6 Å². The molecule has 2 aromatic heterocycles. The lowest BCUT2D eigenvalue weighted by Gasteiger charge is -2.18. The fourth-order valence-electron chi connectivity index (χ4n) is 2.14. The molecule has 0 bridgehead atoms. The van der Waals surface area contributed by atoms with E-state index in [-0.39, 0.29) is 18.6 Å². The molecule has 0 aliphatic rings. The monoisotopic (exact) mass is 319 g/mol. The Kier molecular flexibility index (Phi) is 6.36. The zero-order valence-corrected chi connectivity index (χ0v) is 13.3. The number of nitrogens with zero attached hydrogens (tertiary/aromatic N) is 1. The summed E-state index contributed by atoms with van der Waals surface area (Å²) in [4.78, 5) is 17.2. The van der Waals surface area contributed by atoms with Crippen LogP contribution in [-0.2, 0) is 0 Å². The quantitative estimate of drug-likeness (QED) is 0.734. The van der Waals surface area contributed by atoms with Gasteiger partial charge in [-0.2, -0.15) is 0 Å². The molecule has 0 spiro atoms. The highest BCUT2D eigenvalue weighted by molar-refractivity contribution is 7.10. The van der Waals surface area contributed by atoms with Gasteiger partial charge in [0.05, 0.1) is 18.3 Å². The van der Waals surface area contributed by atoms with Crippen LogP contribution in [0.2, 0.25) is 0 Å². The molecule has 0 radical (unpaired) electrons. The highest BCUT2D eigenvalue weighted by Crippen LogP contribution is 2.18. The molecule has 5 nitrogen and oxygen atoms in total. The molecule has 0 saturated carbocycles. The van der Waals surface area contributed by atoms with Gasteiger partial charge in [-0.25, -0.2) is 4.79 Å². The number of hydrogen-bond acceptors (Lipinski definition) is 4. The van der Waals surface area contributed by atoms with E-state index < -0.39 is 6.10 Å². The minimum Gasteiger partial charge on any atom is -0.386 e. The molecule has 6 heteroatoms. The summed E-state index contributed by atoms with van der Waals surface area (Å²) in [5.74, 6) is 0. The van der Waals surface area contributed by atoms with Gasteiger partial charge in [0.2, 0.25) is 0 Å². The number of urea groups is 1. The Balaban J connectivity index is 1.86. The van der Waals surface area contributed by atoms with E-state index in [9.17, 15) is 9.90 Å². The van der Waals surface area contributed by atoms with Crippen LogP contribution in [0.4, 0.5) is 4.79 Å². The predicted molar refractivity (Wildman–Crippen MR) is 87.7 cm³/mol. The lowest BCUT2D eigenvalue weighted by Crippen LogP contribution is -2.40. The first kappa shape index (κ1) is 16.5. The predicted octanol–water partition coefficient (Wildman–Crippen LogP) is 3.02. The van der Waals surface area contributed by atoms with Gasteiger partial charge in [0.1, 0.15) is 6.10 Å². The van der Waals surface area contributed by atoms with Crippen LogP contribution in [0, 0.1) is 0 Å². The third-order valence-electron chi connectivity index (χ3n) is 3.26. The van der Waals surface area contributed by atoms with Gasteiger partial charge in [0.25, 0.3) is 0 Å². The van der Waals surface area contributed by atoms with Crippen LogP contribution in [0.15, 0.2) is 41.9 Å². The Morgan fingerprint density at radius 2 is 2.23 bits per heavy atom. The van der Waals surface area contributed by atoms with Crippen molar-refractivity contribution in [1.82, 2.24) is 15.6 Å². The van der Waals surface area contributed by atoms with E-state index in [1.807, 2.05) is 35.7 Å². The van der Waals surface area contributed by atoms with Crippen molar-refractivity contribution in [3.05, 3.63) is 52.5 Å². The van der Waals surface area contributed by atoms with Crippen molar-refractivity contribution < 1.29 is 9.90 Å². The van der Waals surface area contributed by atoms with E-state index in [0.29, 0.717) is 0 Å². The van der Waals surface area contributed by atoms with E-state index in [4.69, 9.17) is 0 Å². The van der Waals surface area contributed by atoms with Crippen LogP contribution in [0.5, 0.6) is 0 Å². The van der Waals surface area contributed by atoms with Crippen LogP contribution in [0.3, 0.4) is 0 Å². The summed E-state index contributed by atoms with van der Waals surface area (Å²) in [6, 6.07) is 8.98. The fraction of sp³-hybridized carbons (Fsp3) is 0.375. The Morgan fingerprint density at radius 3 is 2.86 bits per heavy atom. The summed E-state index contributed by atoms with van der Waals surface area (Å²) >= 11 is 1.47. The molecule has 0 fully saturated rings. The van der Waals surface area contributed by atoms with Crippen LogP contribution in [0.25, 0.3) is 0 Å². The number of nitrogens with one attached hydrogen (secondary N) is 2. The Bertz CT molecular complexity index is 560. The summed E-state index contributed by atoms with van der Waals surface area (Å²) < 4.78 is 0. The molecule has 3 N–H and O–H groups in total. The maximum atomic E-state index is 12.0. The molecule has 2 aromatic rings. The molecule has 2 atom stereocenters. The number of aliphatic hydroxyl groups excluding tert-OH is 1. The Labute approximate surface area is 134 Å². The van der Waals surface area contributed by atoms with Crippen LogP contribution >= 0.6 is 11.3 Å². The number of pyridine rings is 1. The van der Waals surface area contributed by atoms with Crippen molar-refractivity contribution in [3.8, 4) is 0 Å². The van der Waals surface area contributed by atoms with Gasteiger partial charge in [-0.3, -0.25) is 4.98 Å². The molecule has 2 rings (SSSR count). The highest BCUT2D eigenvalue weighted by Gasteiger charge is 2.16. The summed E-state index contributed by atoms with van der Waals surface area (Å²) in [5, 5.41) is 17.5. The number of carbonyl (C=O) groups is 1. The van der Waals surface area contributed by atoms with Crippen molar-refractivity contribution in [2.24, 2.45) is 0 Å². The summed E-state index contributed by atoms with van der Waals surface area (Å²) in [6.07, 6.45) is 2.81. The lowest BCUT2D eigenvalue weighted by molar-refractivity contribution is 0.175. The summed E-state index contributed by atoms with van der Waals surface area (Å²) in [5.41, 5.74) is 0.846. The SMILES string of the molecule is CCC[C@@H](NC(=O)NC[C@H](O)c1cccs1)c1ccccn1. The van der Waals surface area contributed by atoms with E-state index in [0.717, 1.165) is 23.4 Å². The maximum absolute atomic E-state index is 12.0. The number of thiophene rings is 1. The standard InChI is InChI=1S/C16H21N3O2S/c1-2-6-13(12-7-3-4-9-17-12)19-16(21)18-11-14(20)15-8-5-10-22-15/h3-5,7-10,13-14,20H,2,6,11H2,1H3,(H2,18,19,21)/t13-,14+/m1/s1. The molecular weight excluding hydrogens is 298 g/mol. The van der Waals surface area contributed by atoms with Gasteiger partial charge in [0, 0.05) is 11.1 Å². The van der Waals surface area contributed by atoms with Crippen molar-refractivity contribution in [3.63, 3.8) is 0 Å². The molecule has 0 saturated heterocycles. The van der Waals surface area contributed by atoms with Crippen LogP contribution in [-0.4, -0.2) is 22.7 Å². The average Bonchev–Trinajstić information content (AvgIpc) is 3.07. The first-order valence-electron chi connectivity index (χ1n) is 7.37. The first-order chi connectivity index (χ1) is 10.7. The van der Waals surface area contributed by atoms with Crippen molar-refractivity contribution in [2.75, 3.05) is 6.54 Å². The minimum absolute atomic E-state index is 0.120. The third-order valence-corrected chi connectivity index (χ3v) is 4.23. The fourth-order valence-corrected chi connectivity index (χ4v) is 2.86. The first-order valence-corrected chi connectivity index (χ1v) is 8.25. The number of carbonyl (C=O) groups excluding carboxylic acids is 1. The molecular formula is C16H21N3O2S. The number of rotatable bonds is 7. The van der Waals surface area contributed by atoms with E-state index in [1.165, 1.54) is 11.3 Å². The van der Waals surface area contributed by atoms with Gasteiger partial charge >= 0.3 is 6.03 Å². The van der Waals surface area contributed by atoms with Crippen molar-refractivity contribution in [1.29, 1.82) is 0 Å². The minimum atomic E-state index is -0.676. The Morgan fingerprint density at radius 1 is 1.36 bits per heavy atom. The highest BCUT2D eigenvalue weighted by atomic mass is 32.1. The van der Waals surface area contributed by atoms with E-state index in [1.54, 1.807) is 6.20 Å². The van der Waals surface area contributed by atoms with Gasteiger partial charge < -0.3 is 15.7 Å². The van der Waals surface area contributed by atoms with Gasteiger partial charge in [-0.15, -0.1) is 11.3 Å². The normalized spacial score (nSPS) is 13.4. The lowest BCUT2D eigenvalue weighted by atomic mass is 10.1. The molecule has 0 aliphatic carbocycles. The molecule has 0 unspecified atom stereocenters. The summed E-state index contributed by atoms with van der Waals surface area (Å²) in [7, 11) is 0. The van der Waals surface area contributed by atoms with Crippen molar-refractivity contribution >= 4 is 17.4 Å². The van der Waals surface area contributed by atoms with E-state index >= 15 is 0 Å². The zero-order chi connectivity index (χ0) is 15.8. The van der Waals surface area contributed by atoms with Gasteiger partial charge in [-0.05, 0) is 30.0 Å². The topological polar surface area (TPSA) is 74.2 Å². The smallest absolute Gasteiger partial charge is 0.315 e. The second-order valence-electron chi connectivity index (χ2n) is 4.98.